The number of aromatic hydroxyl groups is 1. The number of rotatable bonds is 3. The highest BCUT2D eigenvalue weighted by Crippen LogP contribution is 2.33. The number of phenolic OH excluding ortho intramolecular Hbond substituents is 1. The monoisotopic (exact) mass is 329 g/mol. The smallest absolute Gasteiger partial charge is 0.262 e. The van der Waals surface area contributed by atoms with Crippen molar-refractivity contribution in [2.24, 2.45) is 0 Å². The molecule has 6 heteroatoms. The molecule has 0 saturated carbocycles. The van der Waals surface area contributed by atoms with E-state index in [-0.39, 0.29) is 22.9 Å². The van der Waals surface area contributed by atoms with Crippen molar-refractivity contribution in [2.45, 2.75) is 13.3 Å². The van der Waals surface area contributed by atoms with Gasteiger partial charge in [0.05, 0.1) is 5.52 Å². The fraction of sp³-hybridized carbons (Fsp3) is 0.111. The van der Waals surface area contributed by atoms with Crippen LogP contribution >= 0.6 is 0 Å². The van der Waals surface area contributed by atoms with Crippen molar-refractivity contribution >= 4 is 23.1 Å². The molecule has 122 valence electrons. The number of nitrogens with zero attached hydrogens (tertiary/aromatic N) is 1. The van der Waals surface area contributed by atoms with Gasteiger partial charge in [0.15, 0.2) is 11.6 Å². The minimum Gasteiger partial charge on any atom is -0.505 e. The standard InChI is InChI=1S/C18H13F2NO3/c1-10-13(7-8-22)16-14(5-6-15(23)17(16)20)21(10)18(24)11-3-2-4-12(19)9-11/h2-6,8-9,23H,7H2,1H3. The summed E-state index contributed by atoms with van der Waals surface area (Å²) in [6.07, 6.45) is 0.494. The van der Waals surface area contributed by atoms with Crippen molar-refractivity contribution in [3.8, 4) is 5.75 Å². The largest absolute Gasteiger partial charge is 0.505 e. The van der Waals surface area contributed by atoms with Gasteiger partial charge in [-0.1, -0.05) is 6.07 Å². The van der Waals surface area contributed by atoms with Crippen molar-refractivity contribution in [1.82, 2.24) is 4.57 Å². The minimum absolute atomic E-state index is 0.0179. The Morgan fingerprint density at radius 2 is 2.00 bits per heavy atom. The quantitative estimate of drug-likeness (QED) is 0.750. The van der Waals surface area contributed by atoms with Gasteiger partial charge in [-0.3, -0.25) is 9.36 Å². The number of halogens is 2. The highest BCUT2D eigenvalue weighted by atomic mass is 19.1. The Morgan fingerprint density at radius 1 is 1.25 bits per heavy atom. The zero-order chi connectivity index (χ0) is 17.4. The van der Waals surface area contributed by atoms with Gasteiger partial charge in [-0.25, -0.2) is 8.78 Å². The summed E-state index contributed by atoms with van der Waals surface area (Å²) in [4.78, 5) is 23.7. The van der Waals surface area contributed by atoms with E-state index in [2.05, 4.69) is 0 Å². The second-order valence-corrected chi connectivity index (χ2v) is 5.38. The van der Waals surface area contributed by atoms with Gasteiger partial charge < -0.3 is 9.90 Å². The third-order valence-corrected chi connectivity index (χ3v) is 3.98. The SMILES string of the molecule is Cc1c(CC=O)c2c(F)c(O)ccc2n1C(=O)c1cccc(F)c1. The summed E-state index contributed by atoms with van der Waals surface area (Å²) >= 11 is 0. The zero-order valence-corrected chi connectivity index (χ0v) is 12.7. The average molecular weight is 329 g/mol. The highest BCUT2D eigenvalue weighted by Gasteiger charge is 2.23. The molecule has 0 radical (unpaired) electrons. The Morgan fingerprint density at radius 3 is 2.67 bits per heavy atom. The van der Waals surface area contributed by atoms with Crippen LogP contribution in [0.1, 0.15) is 21.6 Å². The lowest BCUT2D eigenvalue weighted by Crippen LogP contribution is -2.14. The average Bonchev–Trinajstić information content (AvgIpc) is 2.84. The number of phenols is 1. The van der Waals surface area contributed by atoms with Gasteiger partial charge in [0.2, 0.25) is 0 Å². The van der Waals surface area contributed by atoms with Crippen LogP contribution in [0.15, 0.2) is 36.4 Å². The molecular formula is C18H13F2NO3. The Hall–Kier alpha value is -3.02. The van der Waals surface area contributed by atoms with Crippen molar-refractivity contribution in [3.63, 3.8) is 0 Å². The van der Waals surface area contributed by atoms with Crippen molar-refractivity contribution in [1.29, 1.82) is 0 Å². The molecule has 0 aliphatic heterocycles. The van der Waals surface area contributed by atoms with E-state index in [1.165, 1.54) is 28.8 Å². The maximum absolute atomic E-state index is 14.4. The fourth-order valence-electron chi connectivity index (χ4n) is 2.87. The summed E-state index contributed by atoms with van der Waals surface area (Å²) in [7, 11) is 0. The maximum atomic E-state index is 14.4. The molecule has 3 rings (SSSR count). The van der Waals surface area contributed by atoms with Crippen LogP contribution in [-0.2, 0) is 11.2 Å². The van der Waals surface area contributed by atoms with E-state index in [1.54, 1.807) is 6.92 Å². The molecule has 3 aromatic rings. The van der Waals surface area contributed by atoms with Gasteiger partial charge in [-0.2, -0.15) is 0 Å². The van der Waals surface area contributed by atoms with Crippen molar-refractivity contribution in [3.05, 3.63) is 64.9 Å². The topological polar surface area (TPSA) is 59.3 Å². The van der Waals surface area contributed by atoms with Gasteiger partial charge >= 0.3 is 0 Å². The molecule has 1 heterocycles. The summed E-state index contributed by atoms with van der Waals surface area (Å²) in [5.41, 5.74) is 1.00. The van der Waals surface area contributed by atoms with Crippen LogP contribution in [0.2, 0.25) is 0 Å². The summed E-state index contributed by atoms with van der Waals surface area (Å²) in [5.74, 6) is -2.56. The van der Waals surface area contributed by atoms with E-state index in [4.69, 9.17) is 0 Å². The molecule has 0 spiro atoms. The van der Waals surface area contributed by atoms with Gasteiger partial charge in [0.25, 0.3) is 5.91 Å². The first-order valence-corrected chi connectivity index (χ1v) is 7.21. The molecule has 1 aromatic heterocycles. The van der Waals surface area contributed by atoms with E-state index < -0.39 is 23.3 Å². The third-order valence-electron chi connectivity index (χ3n) is 3.98. The lowest BCUT2D eigenvalue weighted by atomic mass is 10.1. The van der Waals surface area contributed by atoms with E-state index in [1.807, 2.05) is 0 Å². The van der Waals surface area contributed by atoms with E-state index >= 15 is 0 Å². The molecule has 0 fully saturated rings. The van der Waals surface area contributed by atoms with Gasteiger partial charge in [0, 0.05) is 23.1 Å². The van der Waals surface area contributed by atoms with Crippen LogP contribution in [0.5, 0.6) is 5.75 Å². The second kappa shape index (κ2) is 5.88. The fourth-order valence-corrected chi connectivity index (χ4v) is 2.87. The number of hydrogen-bond acceptors (Lipinski definition) is 3. The molecule has 0 unspecified atom stereocenters. The normalized spacial score (nSPS) is 11.0. The van der Waals surface area contributed by atoms with Crippen LogP contribution in [0.4, 0.5) is 8.78 Å². The molecule has 0 saturated heterocycles. The van der Waals surface area contributed by atoms with Crippen LogP contribution in [-0.4, -0.2) is 21.9 Å². The number of benzene rings is 2. The Balaban J connectivity index is 2.32. The van der Waals surface area contributed by atoms with Gasteiger partial charge in [-0.15, -0.1) is 0 Å². The van der Waals surface area contributed by atoms with Crippen LogP contribution < -0.4 is 0 Å². The Bertz CT molecular complexity index is 976. The Kier molecular flexibility index (Phi) is 3.89. The molecule has 0 bridgehead atoms. The predicted molar refractivity (Wildman–Crippen MR) is 84.2 cm³/mol. The predicted octanol–water partition coefficient (Wildman–Crippen LogP) is 3.36. The number of carbonyl (C=O) groups is 2. The molecule has 2 aromatic carbocycles. The molecule has 0 aliphatic rings. The number of hydrogen-bond donors (Lipinski definition) is 1. The summed E-state index contributed by atoms with van der Waals surface area (Å²) < 4.78 is 29.0. The summed E-state index contributed by atoms with van der Waals surface area (Å²) in [6.45, 7) is 1.58. The Labute approximate surface area is 135 Å². The molecule has 0 atom stereocenters. The van der Waals surface area contributed by atoms with Crippen LogP contribution in [0, 0.1) is 18.6 Å². The number of fused-ring (bicyclic) bond motifs is 1. The first-order valence-electron chi connectivity index (χ1n) is 7.21. The molecule has 24 heavy (non-hydrogen) atoms. The lowest BCUT2D eigenvalue weighted by Gasteiger charge is -2.07. The van der Waals surface area contributed by atoms with E-state index in [0.29, 0.717) is 17.5 Å². The summed E-state index contributed by atoms with van der Waals surface area (Å²) in [5, 5.41) is 9.61. The minimum atomic E-state index is -0.891. The first kappa shape index (κ1) is 15.9. The van der Waals surface area contributed by atoms with Gasteiger partial charge in [0.1, 0.15) is 12.1 Å². The second-order valence-electron chi connectivity index (χ2n) is 5.38. The number of carbonyl (C=O) groups excluding carboxylic acids is 2. The van der Waals surface area contributed by atoms with Crippen molar-refractivity contribution in [2.75, 3.05) is 0 Å². The lowest BCUT2D eigenvalue weighted by molar-refractivity contribution is -0.107. The highest BCUT2D eigenvalue weighted by molar-refractivity contribution is 6.04. The zero-order valence-electron chi connectivity index (χ0n) is 12.7. The van der Waals surface area contributed by atoms with E-state index in [0.717, 1.165) is 12.1 Å². The first-order chi connectivity index (χ1) is 11.5. The van der Waals surface area contributed by atoms with Crippen molar-refractivity contribution < 1.29 is 23.5 Å². The summed E-state index contributed by atoms with van der Waals surface area (Å²) in [6, 6.07) is 7.69. The number of aromatic nitrogens is 1. The number of aldehydes is 1. The maximum Gasteiger partial charge on any atom is 0.262 e. The molecule has 1 N–H and O–H groups in total. The molecule has 0 amide bonds. The van der Waals surface area contributed by atoms with Gasteiger partial charge in [-0.05, 0) is 42.8 Å². The molecular weight excluding hydrogens is 316 g/mol. The molecule has 0 aliphatic carbocycles. The third kappa shape index (κ3) is 2.36. The molecule has 4 nitrogen and oxygen atoms in total. The van der Waals surface area contributed by atoms with Crippen LogP contribution in [0.25, 0.3) is 10.9 Å². The van der Waals surface area contributed by atoms with Crippen LogP contribution in [0.3, 0.4) is 0 Å². The van der Waals surface area contributed by atoms with E-state index in [9.17, 15) is 23.5 Å².